The van der Waals surface area contributed by atoms with Gasteiger partial charge in [-0.1, -0.05) is 0 Å². The molecule has 0 saturated carbocycles. The molecule has 0 amide bonds. The average molecular weight is 311 g/mol. The van der Waals surface area contributed by atoms with Crippen molar-refractivity contribution >= 4 is 17.1 Å². The largest absolute Gasteiger partial charge is 0.369 e. The van der Waals surface area contributed by atoms with Gasteiger partial charge in [-0.05, 0) is 0 Å². The first-order valence-electron chi connectivity index (χ1n) is 6.66. The lowest BCUT2D eigenvalue weighted by atomic mass is 10.3. The lowest BCUT2D eigenvalue weighted by Gasteiger charge is -2.35. The Kier molecular flexibility index (Phi) is 3.83. The van der Waals surface area contributed by atoms with Crippen LogP contribution < -0.4 is 11.3 Å². The van der Waals surface area contributed by atoms with Gasteiger partial charge in [-0.3, -0.25) is 14.3 Å². The summed E-state index contributed by atoms with van der Waals surface area (Å²) in [5.41, 5.74) is 5.72. The number of methoxy groups -OCH3 is 1. The molecule has 0 aliphatic carbocycles. The van der Waals surface area contributed by atoms with E-state index in [1.165, 1.54) is 13.4 Å². The molecule has 1 fully saturated rings. The number of anilines is 1. The van der Waals surface area contributed by atoms with Crippen LogP contribution in [0.1, 0.15) is 6.92 Å². The molecule has 1 saturated heterocycles. The van der Waals surface area contributed by atoms with Crippen molar-refractivity contribution < 1.29 is 18.9 Å². The molecule has 0 unspecified atom stereocenters. The summed E-state index contributed by atoms with van der Waals surface area (Å²) in [6.45, 7) is 2.49. The molecule has 120 valence electrons. The molecular weight excluding hydrogens is 294 g/mol. The zero-order chi connectivity index (χ0) is 15.7. The first-order valence-corrected chi connectivity index (χ1v) is 6.66. The molecule has 0 spiro atoms. The third-order valence-electron chi connectivity index (χ3n) is 3.38. The van der Waals surface area contributed by atoms with E-state index in [0.29, 0.717) is 18.9 Å². The highest BCUT2D eigenvalue weighted by atomic mass is 16.9. The van der Waals surface area contributed by atoms with Crippen molar-refractivity contribution in [1.29, 1.82) is 0 Å². The number of H-pyrrole nitrogens is 1. The number of imidazole rings is 1. The van der Waals surface area contributed by atoms with Crippen LogP contribution in [0, 0.1) is 0 Å². The van der Waals surface area contributed by atoms with Crippen LogP contribution in [0.2, 0.25) is 0 Å². The first kappa shape index (κ1) is 14.9. The second-order valence-corrected chi connectivity index (χ2v) is 4.94. The van der Waals surface area contributed by atoms with E-state index in [-0.39, 0.29) is 29.9 Å². The van der Waals surface area contributed by atoms with Gasteiger partial charge in [-0.15, -0.1) is 0 Å². The van der Waals surface area contributed by atoms with Crippen molar-refractivity contribution in [2.45, 2.75) is 25.7 Å². The van der Waals surface area contributed by atoms with Crippen molar-refractivity contribution in [1.82, 2.24) is 19.5 Å². The van der Waals surface area contributed by atoms with Crippen molar-refractivity contribution in [3.8, 4) is 0 Å². The summed E-state index contributed by atoms with van der Waals surface area (Å²) in [5.74, 6) is -1.01. The van der Waals surface area contributed by atoms with Crippen LogP contribution in [0.5, 0.6) is 0 Å². The maximum atomic E-state index is 11.7. The van der Waals surface area contributed by atoms with Crippen LogP contribution >= 0.6 is 0 Å². The Morgan fingerprint density at radius 2 is 2.27 bits per heavy atom. The van der Waals surface area contributed by atoms with E-state index in [1.807, 2.05) is 0 Å². The molecule has 1 aliphatic heterocycles. The van der Waals surface area contributed by atoms with Gasteiger partial charge in [-0.25, -0.2) is 4.98 Å². The van der Waals surface area contributed by atoms with Gasteiger partial charge in [0.25, 0.3) is 11.5 Å². The second kappa shape index (κ2) is 5.65. The number of nitrogens with one attached hydrogen (secondary N) is 1. The summed E-state index contributed by atoms with van der Waals surface area (Å²) in [4.78, 5) is 22.1. The van der Waals surface area contributed by atoms with Gasteiger partial charge in [0, 0.05) is 14.0 Å². The van der Waals surface area contributed by atoms with Crippen molar-refractivity contribution in [2.75, 3.05) is 26.1 Å². The number of nitrogens with two attached hydrogens (primary N) is 1. The SMILES string of the molecule is COC1(C)OCC(OCn2cnc3c(=O)[nH]c(N)nc32)CO1. The highest BCUT2D eigenvalue weighted by Gasteiger charge is 2.33. The van der Waals surface area contributed by atoms with Gasteiger partial charge in [0.2, 0.25) is 5.95 Å². The number of nitrogens with zero attached hydrogens (tertiary/aromatic N) is 3. The van der Waals surface area contributed by atoms with Gasteiger partial charge in [-0.2, -0.15) is 4.98 Å². The minimum absolute atomic E-state index is 0.0273. The molecule has 3 N–H and O–H groups in total. The van der Waals surface area contributed by atoms with E-state index in [1.54, 1.807) is 11.5 Å². The Bertz CT molecular complexity index is 718. The third kappa shape index (κ3) is 2.81. The Labute approximate surface area is 125 Å². The maximum absolute atomic E-state index is 11.7. The number of hydrogen-bond acceptors (Lipinski definition) is 8. The van der Waals surface area contributed by atoms with Gasteiger partial charge >= 0.3 is 0 Å². The van der Waals surface area contributed by atoms with Crippen molar-refractivity contribution in [2.24, 2.45) is 0 Å². The molecule has 3 heterocycles. The van der Waals surface area contributed by atoms with Crippen LogP contribution in [-0.4, -0.2) is 51.9 Å². The predicted octanol–water partition coefficient (Wildman–Crippen LogP) is -0.589. The van der Waals surface area contributed by atoms with E-state index in [0.717, 1.165) is 0 Å². The predicted molar refractivity (Wildman–Crippen MR) is 74.8 cm³/mol. The van der Waals surface area contributed by atoms with Crippen LogP contribution in [0.15, 0.2) is 11.1 Å². The van der Waals surface area contributed by atoms with E-state index < -0.39 is 5.97 Å². The smallest absolute Gasteiger partial charge is 0.280 e. The summed E-state index contributed by atoms with van der Waals surface area (Å²) in [6.07, 6.45) is 1.20. The molecule has 0 bridgehead atoms. The summed E-state index contributed by atoms with van der Waals surface area (Å²) >= 11 is 0. The minimum Gasteiger partial charge on any atom is -0.369 e. The molecular formula is C12H17N5O5. The molecule has 10 nitrogen and oxygen atoms in total. The lowest BCUT2D eigenvalue weighted by Crippen LogP contribution is -2.46. The number of aromatic amines is 1. The fraction of sp³-hybridized carbons (Fsp3) is 0.583. The van der Waals surface area contributed by atoms with Gasteiger partial charge < -0.3 is 24.7 Å². The highest BCUT2D eigenvalue weighted by molar-refractivity contribution is 5.70. The summed E-state index contributed by atoms with van der Waals surface area (Å²) in [5, 5.41) is 0. The summed E-state index contributed by atoms with van der Waals surface area (Å²) in [6, 6.07) is 0. The Morgan fingerprint density at radius 3 is 2.95 bits per heavy atom. The van der Waals surface area contributed by atoms with Gasteiger partial charge in [0.15, 0.2) is 11.2 Å². The Morgan fingerprint density at radius 1 is 1.55 bits per heavy atom. The molecule has 2 aromatic heterocycles. The summed E-state index contributed by atoms with van der Waals surface area (Å²) < 4.78 is 23.2. The molecule has 1 aliphatic rings. The lowest BCUT2D eigenvalue weighted by molar-refractivity contribution is -0.397. The highest BCUT2D eigenvalue weighted by Crippen LogP contribution is 2.20. The Hall–Kier alpha value is -2.01. The van der Waals surface area contributed by atoms with Crippen LogP contribution in [0.4, 0.5) is 5.95 Å². The van der Waals surface area contributed by atoms with E-state index in [4.69, 9.17) is 24.7 Å². The molecule has 0 aromatic carbocycles. The number of ether oxygens (including phenoxy) is 4. The average Bonchev–Trinajstić information content (AvgIpc) is 2.90. The summed E-state index contributed by atoms with van der Waals surface area (Å²) in [7, 11) is 1.51. The maximum Gasteiger partial charge on any atom is 0.280 e. The molecule has 0 atom stereocenters. The van der Waals surface area contributed by atoms with Gasteiger partial charge in [0.1, 0.15) is 12.8 Å². The quantitative estimate of drug-likeness (QED) is 0.767. The number of hydrogen-bond donors (Lipinski definition) is 2. The van der Waals surface area contributed by atoms with E-state index in [9.17, 15) is 4.79 Å². The number of nitrogen functional groups attached to an aromatic ring is 1. The first-order chi connectivity index (χ1) is 10.5. The van der Waals surface area contributed by atoms with Crippen LogP contribution in [0.3, 0.4) is 0 Å². The fourth-order valence-electron chi connectivity index (χ4n) is 2.04. The third-order valence-corrected chi connectivity index (χ3v) is 3.38. The number of aromatic nitrogens is 4. The van der Waals surface area contributed by atoms with Crippen molar-refractivity contribution in [3.63, 3.8) is 0 Å². The zero-order valence-electron chi connectivity index (χ0n) is 12.2. The fourth-order valence-corrected chi connectivity index (χ4v) is 2.04. The normalized spacial score (nSPS) is 25.6. The number of fused-ring (bicyclic) bond motifs is 1. The standard InChI is InChI=1S/C12H17N5O5/c1-12(19-2)21-3-7(4-22-12)20-6-17-5-14-8-9(17)15-11(13)16-10(8)18/h5,7H,3-4,6H2,1-2H3,(H3,13,15,16,18). The van der Waals surface area contributed by atoms with Crippen LogP contribution in [0.25, 0.3) is 11.2 Å². The molecule has 2 aromatic rings. The van der Waals surface area contributed by atoms with Gasteiger partial charge in [0.05, 0.1) is 19.5 Å². The molecule has 10 heteroatoms. The van der Waals surface area contributed by atoms with Crippen molar-refractivity contribution in [3.05, 3.63) is 16.7 Å². The molecule has 0 radical (unpaired) electrons. The Balaban J connectivity index is 1.67. The molecule has 3 rings (SSSR count). The minimum atomic E-state index is -1.04. The van der Waals surface area contributed by atoms with Crippen LogP contribution in [-0.2, 0) is 25.7 Å². The zero-order valence-corrected chi connectivity index (χ0v) is 12.2. The second-order valence-electron chi connectivity index (χ2n) is 4.94. The molecule has 22 heavy (non-hydrogen) atoms. The topological polar surface area (TPSA) is 127 Å². The van der Waals surface area contributed by atoms with E-state index >= 15 is 0 Å². The van der Waals surface area contributed by atoms with E-state index in [2.05, 4.69) is 15.0 Å². The number of rotatable bonds is 4. The monoisotopic (exact) mass is 311 g/mol.